The second-order valence-corrected chi connectivity index (χ2v) is 6.17. The van der Waals surface area contributed by atoms with Gasteiger partial charge in [-0.2, -0.15) is 13.2 Å². The molecule has 0 atom stereocenters. The van der Waals surface area contributed by atoms with Crippen molar-refractivity contribution in [2.45, 2.75) is 45.8 Å². The molecular formula is C13H22F3N3S. The molecule has 0 aliphatic heterocycles. The van der Waals surface area contributed by atoms with Gasteiger partial charge in [0, 0.05) is 18.5 Å². The van der Waals surface area contributed by atoms with Crippen LogP contribution in [0.15, 0.2) is 0 Å². The van der Waals surface area contributed by atoms with Gasteiger partial charge in [-0.1, -0.05) is 20.8 Å². The van der Waals surface area contributed by atoms with Gasteiger partial charge in [0.2, 0.25) is 0 Å². The Kier molecular flexibility index (Phi) is 6.26. The van der Waals surface area contributed by atoms with Gasteiger partial charge < -0.3 is 10.2 Å². The maximum atomic E-state index is 12.4. The zero-order valence-electron chi connectivity index (χ0n) is 12.3. The standard InChI is InChI=1S/C13H22F3N3S/c1-5-6-17-7-10-11(9(2)3)18-12(20-10)19(4)8-13(14,15)16/h9,17H,5-8H2,1-4H3. The van der Waals surface area contributed by atoms with Gasteiger partial charge in [-0.3, -0.25) is 0 Å². The summed E-state index contributed by atoms with van der Waals surface area (Å²) in [6.45, 7) is 6.67. The van der Waals surface area contributed by atoms with E-state index in [0.29, 0.717) is 11.7 Å². The number of aromatic nitrogens is 1. The summed E-state index contributed by atoms with van der Waals surface area (Å²) in [6.07, 6.45) is -3.18. The number of anilines is 1. The first-order valence-electron chi connectivity index (χ1n) is 6.72. The lowest BCUT2D eigenvalue weighted by atomic mass is 10.1. The van der Waals surface area contributed by atoms with Crippen LogP contribution in [0.25, 0.3) is 0 Å². The lowest BCUT2D eigenvalue weighted by Crippen LogP contribution is -2.30. The molecule has 0 amide bonds. The molecular weight excluding hydrogens is 287 g/mol. The third kappa shape index (κ3) is 5.28. The van der Waals surface area contributed by atoms with Crippen LogP contribution in [0.2, 0.25) is 0 Å². The molecule has 0 saturated carbocycles. The maximum Gasteiger partial charge on any atom is 0.405 e. The zero-order valence-corrected chi connectivity index (χ0v) is 13.2. The van der Waals surface area contributed by atoms with Gasteiger partial charge in [0.1, 0.15) is 6.54 Å². The summed E-state index contributed by atoms with van der Waals surface area (Å²) in [7, 11) is 1.43. The first kappa shape index (κ1) is 17.2. The fraction of sp³-hybridized carbons (Fsp3) is 0.769. The Morgan fingerprint density at radius 1 is 1.35 bits per heavy atom. The average molecular weight is 309 g/mol. The van der Waals surface area contributed by atoms with Crippen LogP contribution in [0.3, 0.4) is 0 Å². The highest BCUT2D eigenvalue weighted by molar-refractivity contribution is 7.15. The van der Waals surface area contributed by atoms with Gasteiger partial charge in [-0.25, -0.2) is 4.98 Å². The molecule has 1 aromatic rings. The van der Waals surface area contributed by atoms with E-state index in [1.165, 1.54) is 23.3 Å². The fourth-order valence-electron chi connectivity index (χ4n) is 1.81. The minimum atomic E-state index is -4.21. The van der Waals surface area contributed by atoms with Gasteiger partial charge in [0.25, 0.3) is 0 Å². The topological polar surface area (TPSA) is 28.2 Å². The molecule has 7 heteroatoms. The summed E-state index contributed by atoms with van der Waals surface area (Å²) in [5, 5.41) is 3.71. The highest BCUT2D eigenvalue weighted by atomic mass is 32.1. The van der Waals surface area contributed by atoms with Crippen molar-refractivity contribution in [3.05, 3.63) is 10.6 Å². The Balaban J connectivity index is 2.85. The van der Waals surface area contributed by atoms with Crippen LogP contribution in [0, 0.1) is 0 Å². The number of rotatable bonds is 7. The molecule has 0 bridgehead atoms. The maximum absolute atomic E-state index is 12.4. The lowest BCUT2D eigenvalue weighted by Gasteiger charge is -2.17. The predicted molar refractivity (Wildman–Crippen MR) is 77.5 cm³/mol. The van der Waals surface area contributed by atoms with Crippen molar-refractivity contribution in [2.24, 2.45) is 0 Å². The number of alkyl halides is 3. The summed E-state index contributed by atoms with van der Waals surface area (Å²) in [5.41, 5.74) is 0.891. The molecule has 0 aromatic carbocycles. The quantitative estimate of drug-likeness (QED) is 0.777. The van der Waals surface area contributed by atoms with E-state index in [0.717, 1.165) is 23.5 Å². The molecule has 0 unspecified atom stereocenters. The van der Waals surface area contributed by atoms with E-state index in [4.69, 9.17) is 0 Å². The van der Waals surface area contributed by atoms with E-state index >= 15 is 0 Å². The number of hydrogen-bond acceptors (Lipinski definition) is 4. The average Bonchev–Trinajstić information content (AvgIpc) is 2.71. The van der Waals surface area contributed by atoms with Gasteiger partial charge >= 0.3 is 6.18 Å². The van der Waals surface area contributed by atoms with Crippen molar-refractivity contribution in [3.8, 4) is 0 Å². The van der Waals surface area contributed by atoms with Crippen LogP contribution in [-0.4, -0.2) is 31.3 Å². The molecule has 1 aromatic heterocycles. The van der Waals surface area contributed by atoms with Crippen molar-refractivity contribution >= 4 is 16.5 Å². The molecule has 0 saturated heterocycles. The Labute approximate surface area is 122 Å². The van der Waals surface area contributed by atoms with Gasteiger partial charge in [-0.15, -0.1) is 11.3 Å². The Morgan fingerprint density at radius 2 is 2.00 bits per heavy atom. The van der Waals surface area contributed by atoms with E-state index < -0.39 is 12.7 Å². The highest BCUT2D eigenvalue weighted by Gasteiger charge is 2.30. The fourth-order valence-corrected chi connectivity index (χ4v) is 2.95. The van der Waals surface area contributed by atoms with E-state index in [1.807, 2.05) is 13.8 Å². The number of thiazole rings is 1. The molecule has 20 heavy (non-hydrogen) atoms. The number of halogens is 3. The largest absolute Gasteiger partial charge is 0.405 e. The number of hydrogen-bond donors (Lipinski definition) is 1. The second-order valence-electron chi connectivity index (χ2n) is 5.11. The van der Waals surface area contributed by atoms with Crippen LogP contribution in [0.4, 0.5) is 18.3 Å². The van der Waals surface area contributed by atoms with E-state index in [1.54, 1.807) is 0 Å². The van der Waals surface area contributed by atoms with Gasteiger partial charge in [-0.05, 0) is 18.9 Å². The molecule has 0 spiro atoms. The lowest BCUT2D eigenvalue weighted by molar-refractivity contribution is -0.119. The van der Waals surface area contributed by atoms with Crippen LogP contribution in [0.1, 0.15) is 43.7 Å². The molecule has 116 valence electrons. The normalized spacial score (nSPS) is 12.2. The van der Waals surface area contributed by atoms with Crippen molar-refractivity contribution < 1.29 is 13.2 Å². The molecule has 1 heterocycles. The summed E-state index contributed by atoms with van der Waals surface area (Å²) >= 11 is 1.34. The van der Waals surface area contributed by atoms with Gasteiger partial charge in [0.15, 0.2) is 5.13 Å². The highest BCUT2D eigenvalue weighted by Crippen LogP contribution is 2.31. The van der Waals surface area contributed by atoms with Crippen molar-refractivity contribution in [3.63, 3.8) is 0 Å². The van der Waals surface area contributed by atoms with Gasteiger partial charge in [0.05, 0.1) is 5.69 Å². The molecule has 3 nitrogen and oxygen atoms in total. The Hall–Kier alpha value is -0.820. The molecule has 1 rings (SSSR count). The molecule has 0 radical (unpaired) electrons. The van der Waals surface area contributed by atoms with Crippen molar-refractivity contribution in [1.82, 2.24) is 10.3 Å². The summed E-state index contributed by atoms with van der Waals surface area (Å²) < 4.78 is 37.3. The predicted octanol–water partition coefficient (Wildman–Crippen LogP) is 3.76. The van der Waals surface area contributed by atoms with Crippen molar-refractivity contribution in [1.29, 1.82) is 0 Å². The zero-order chi connectivity index (χ0) is 15.3. The minimum Gasteiger partial charge on any atom is -0.342 e. The molecule has 0 aliphatic carbocycles. The van der Waals surface area contributed by atoms with E-state index in [9.17, 15) is 13.2 Å². The van der Waals surface area contributed by atoms with Crippen LogP contribution < -0.4 is 10.2 Å². The number of nitrogens with zero attached hydrogens (tertiary/aromatic N) is 2. The summed E-state index contributed by atoms with van der Waals surface area (Å²) in [6, 6.07) is 0. The molecule has 0 aliphatic rings. The Bertz CT molecular complexity index is 415. The Morgan fingerprint density at radius 3 is 2.50 bits per heavy atom. The van der Waals surface area contributed by atoms with Crippen LogP contribution in [-0.2, 0) is 6.54 Å². The first-order chi connectivity index (χ1) is 9.24. The third-order valence-corrected chi connectivity index (χ3v) is 3.90. The third-order valence-electron chi connectivity index (χ3n) is 2.72. The van der Waals surface area contributed by atoms with E-state index in [2.05, 4.69) is 17.2 Å². The second kappa shape index (κ2) is 7.26. The molecule has 1 N–H and O–H groups in total. The van der Waals surface area contributed by atoms with Crippen LogP contribution in [0.5, 0.6) is 0 Å². The van der Waals surface area contributed by atoms with Crippen LogP contribution >= 0.6 is 11.3 Å². The first-order valence-corrected chi connectivity index (χ1v) is 7.54. The summed E-state index contributed by atoms with van der Waals surface area (Å²) in [4.78, 5) is 6.57. The number of nitrogens with one attached hydrogen (secondary N) is 1. The monoisotopic (exact) mass is 309 g/mol. The SMILES string of the molecule is CCCNCc1sc(N(C)CC(F)(F)F)nc1C(C)C. The minimum absolute atomic E-state index is 0.206. The smallest absolute Gasteiger partial charge is 0.342 e. The summed E-state index contributed by atoms with van der Waals surface area (Å²) in [5.74, 6) is 0.206. The van der Waals surface area contributed by atoms with E-state index in [-0.39, 0.29) is 5.92 Å². The van der Waals surface area contributed by atoms with Crippen molar-refractivity contribution in [2.75, 3.05) is 25.0 Å². The molecule has 0 fully saturated rings.